The lowest BCUT2D eigenvalue weighted by atomic mass is 10.0. The number of benzene rings is 1. The summed E-state index contributed by atoms with van der Waals surface area (Å²) in [5, 5.41) is 0. The van der Waals surface area contributed by atoms with Crippen molar-refractivity contribution in [2.45, 2.75) is 51.6 Å². The number of amides is 1. The van der Waals surface area contributed by atoms with Gasteiger partial charge in [0.25, 0.3) is 5.91 Å². The third-order valence-corrected chi connectivity index (χ3v) is 4.23. The molecule has 1 aliphatic heterocycles. The van der Waals surface area contributed by atoms with Gasteiger partial charge >= 0.3 is 0 Å². The number of rotatable bonds is 5. The summed E-state index contributed by atoms with van der Waals surface area (Å²) < 4.78 is 5.72. The Morgan fingerprint density at radius 2 is 2.00 bits per heavy atom. The first-order valence-electron chi connectivity index (χ1n) is 8.05. The van der Waals surface area contributed by atoms with Gasteiger partial charge in [0.15, 0.2) is 0 Å². The smallest absolute Gasteiger partial charge is 0.253 e. The minimum Gasteiger partial charge on any atom is -0.378 e. The zero-order valence-electron chi connectivity index (χ0n) is 13.5. The Morgan fingerprint density at radius 3 is 2.57 bits per heavy atom. The maximum atomic E-state index is 12.4. The molecule has 116 valence electrons. The zero-order valence-corrected chi connectivity index (χ0v) is 13.5. The summed E-state index contributed by atoms with van der Waals surface area (Å²) in [5.74, 6) is 0.594. The van der Waals surface area contributed by atoms with E-state index >= 15 is 0 Å². The molecule has 0 spiro atoms. The van der Waals surface area contributed by atoms with Crippen molar-refractivity contribution < 1.29 is 9.53 Å². The molecule has 0 aliphatic carbocycles. The van der Waals surface area contributed by atoms with E-state index in [1.165, 1.54) is 18.4 Å². The first-order valence-corrected chi connectivity index (χ1v) is 8.05. The van der Waals surface area contributed by atoms with Crippen LogP contribution in [-0.2, 0) is 4.74 Å². The van der Waals surface area contributed by atoms with E-state index in [1.807, 2.05) is 24.1 Å². The van der Waals surface area contributed by atoms with E-state index in [-0.39, 0.29) is 5.91 Å². The van der Waals surface area contributed by atoms with Crippen LogP contribution in [0, 0.1) is 0 Å². The van der Waals surface area contributed by atoms with Gasteiger partial charge in [0.05, 0.1) is 6.10 Å². The lowest BCUT2D eigenvalue weighted by Crippen LogP contribution is -2.31. The highest BCUT2D eigenvalue weighted by atomic mass is 16.5. The molecular weight excluding hydrogens is 262 g/mol. The fraction of sp³-hybridized carbons (Fsp3) is 0.611. The van der Waals surface area contributed by atoms with Gasteiger partial charge in [-0.1, -0.05) is 26.0 Å². The van der Waals surface area contributed by atoms with Gasteiger partial charge in [-0.05, 0) is 49.3 Å². The highest BCUT2D eigenvalue weighted by molar-refractivity contribution is 5.94. The van der Waals surface area contributed by atoms with E-state index in [9.17, 15) is 4.79 Å². The highest BCUT2D eigenvalue weighted by Gasteiger charge is 2.17. The maximum Gasteiger partial charge on any atom is 0.253 e. The number of carbonyl (C=O) groups excluding carboxylic acids is 1. The SMILES string of the molecule is CC(C)c1ccc(C(=O)N(C)CCC2CCCCO2)cc1. The molecule has 2 rings (SSSR count). The number of nitrogens with zero attached hydrogens (tertiary/aromatic N) is 1. The van der Waals surface area contributed by atoms with Crippen LogP contribution in [0.15, 0.2) is 24.3 Å². The lowest BCUT2D eigenvalue weighted by Gasteiger charge is -2.25. The Morgan fingerprint density at radius 1 is 1.29 bits per heavy atom. The van der Waals surface area contributed by atoms with Crippen LogP contribution in [0.5, 0.6) is 0 Å². The van der Waals surface area contributed by atoms with Crippen LogP contribution in [0.25, 0.3) is 0 Å². The zero-order chi connectivity index (χ0) is 15.2. The molecule has 1 aliphatic rings. The van der Waals surface area contributed by atoms with Crippen LogP contribution in [-0.4, -0.2) is 37.1 Å². The monoisotopic (exact) mass is 289 g/mol. The first kappa shape index (κ1) is 16.0. The molecule has 1 saturated heterocycles. The summed E-state index contributed by atoms with van der Waals surface area (Å²) in [4.78, 5) is 14.2. The molecule has 21 heavy (non-hydrogen) atoms. The molecule has 1 amide bonds. The highest BCUT2D eigenvalue weighted by Crippen LogP contribution is 2.17. The van der Waals surface area contributed by atoms with Crippen molar-refractivity contribution >= 4 is 5.91 Å². The predicted molar refractivity (Wildman–Crippen MR) is 85.7 cm³/mol. The van der Waals surface area contributed by atoms with Gasteiger partial charge in [-0.15, -0.1) is 0 Å². The number of ether oxygens (including phenoxy) is 1. The molecule has 0 N–H and O–H groups in total. The van der Waals surface area contributed by atoms with Crippen LogP contribution in [0.2, 0.25) is 0 Å². The van der Waals surface area contributed by atoms with E-state index in [4.69, 9.17) is 4.74 Å². The van der Waals surface area contributed by atoms with Gasteiger partial charge < -0.3 is 9.64 Å². The van der Waals surface area contributed by atoms with Crippen LogP contribution in [0.4, 0.5) is 0 Å². The summed E-state index contributed by atoms with van der Waals surface area (Å²) in [6.45, 7) is 5.95. The van der Waals surface area contributed by atoms with Crippen LogP contribution < -0.4 is 0 Å². The fourth-order valence-corrected chi connectivity index (χ4v) is 2.71. The Balaban J connectivity index is 1.86. The van der Waals surface area contributed by atoms with Gasteiger partial charge in [-0.2, -0.15) is 0 Å². The number of hydrogen-bond acceptors (Lipinski definition) is 2. The summed E-state index contributed by atoms with van der Waals surface area (Å²) in [6, 6.07) is 7.97. The molecule has 3 nitrogen and oxygen atoms in total. The molecule has 1 atom stereocenters. The quantitative estimate of drug-likeness (QED) is 0.824. The van der Waals surface area contributed by atoms with E-state index in [0.29, 0.717) is 12.0 Å². The van der Waals surface area contributed by atoms with Crippen molar-refractivity contribution in [1.82, 2.24) is 4.90 Å². The second kappa shape index (κ2) is 7.60. The molecular formula is C18H27NO2. The van der Waals surface area contributed by atoms with Crippen molar-refractivity contribution in [1.29, 1.82) is 0 Å². The molecule has 1 aromatic rings. The lowest BCUT2D eigenvalue weighted by molar-refractivity contribution is 0.00709. The fourth-order valence-electron chi connectivity index (χ4n) is 2.71. The Labute approximate surface area is 128 Å². The van der Waals surface area contributed by atoms with E-state index < -0.39 is 0 Å². The van der Waals surface area contributed by atoms with Crippen LogP contribution in [0.3, 0.4) is 0 Å². The summed E-state index contributed by atoms with van der Waals surface area (Å²) in [6.07, 6.45) is 4.82. The minimum absolute atomic E-state index is 0.0983. The molecule has 0 bridgehead atoms. The van der Waals surface area contributed by atoms with Crippen molar-refractivity contribution in [2.75, 3.05) is 20.2 Å². The minimum atomic E-state index is 0.0983. The van der Waals surface area contributed by atoms with Crippen LogP contribution in [0.1, 0.15) is 61.4 Å². The summed E-state index contributed by atoms with van der Waals surface area (Å²) >= 11 is 0. The largest absolute Gasteiger partial charge is 0.378 e. The van der Waals surface area contributed by atoms with E-state index in [2.05, 4.69) is 26.0 Å². The molecule has 0 saturated carbocycles. The third kappa shape index (κ3) is 4.57. The molecule has 1 fully saturated rings. The molecule has 1 heterocycles. The average molecular weight is 289 g/mol. The predicted octanol–water partition coefficient (Wildman–Crippen LogP) is 3.84. The third-order valence-electron chi connectivity index (χ3n) is 4.23. The topological polar surface area (TPSA) is 29.5 Å². The molecule has 0 radical (unpaired) electrons. The van der Waals surface area contributed by atoms with E-state index in [0.717, 1.165) is 31.6 Å². The Hall–Kier alpha value is -1.35. The Kier molecular flexibility index (Phi) is 5.80. The second-order valence-corrected chi connectivity index (χ2v) is 6.28. The van der Waals surface area contributed by atoms with Gasteiger partial charge in [0.1, 0.15) is 0 Å². The first-order chi connectivity index (χ1) is 10.1. The van der Waals surface area contributed by atoms with Gasteiger partial charge in [0.2, 0.25) is 0 Å². The Bertz CT molecular complexity index is 447. The van der Waals surface area contributed by atoms with E-state index in [1.54, 1.807) is 0 Å². The van der Waals surface area contributed by atoms with Crippen molar-refractivity contribution in [3.05, 3.63) is 35.4 Å². The van der Waals surface area contributed by atoms with Crippen molar-refractivity contribution in [3.8, 4) is 0 Å². The molecule has 3 heteroatoms. The van der Waals surface area contributed by atoms with Crippen LogP contribution >= 0.6 is 0 Å². The van der Waals surface area contributed by atoms with Crippen molar-refractivity contribution in [3.63, 3.8) is 0 Å². The number of carbonyl (C=O) groups is 1. The second-order valence-electron chi connectivity index (χ2n) is 6.28. The molecule has 1 aromatic carbocycles. The van der Waals surface area contributed by atoms with Gasteiger partial charge in [0, 0.05) is 25.8 Å². The van der Waals surface area contributed by atoms with Gasteiger partial charge in [-0.3, -0.25) is 4.79 Å². The molecule has 0 aromatic heterocycles. The van der Waals surface area contributed by atoms with Gasteiger partial charge in [-0.25, -0.2) is 0 Å². The van der Waals surface area contributed by atoms with Crippen molar-refractivity contribution in [2.24, 2.45) is 0 Å². The molecule has 1 unspecified atom stereocenters. The maximum absolute atomic E-state index is 12.4. The summed E-state index contributed by atoms with van der Waals surface area (Å²) in [5.41, 5.74) is 2.04. The summed E-state index contributed by atoms with van der Waals surface area (Å²) in [7, 11) is 1.88. The number of hydrogen-bond donors (Lipinski definition) is 0. The normalized spacial score (nSPS) is 18.8. The average Bonchev–Trinajstić information content (AvgIpc) is 2.53. The standard InChI is InChI=1S/C18H27NO2/c1-14(2)15-7-9-16(10-8-15)18(20)19(3)12-11-17-6-4-5-13-21-17/h7-10,14,17H,4-6,11-13H2,1-3H3.